The Balaban J connectivity index is 1.79. The molecule has 0 aliphatic rings. The summed E-state index contributed by atoms with van der Waals surface area (Å²) < 4.78 is 12.3. The van der Waals surface area contributed by atoms with Crippen LogP contribution in [0.3, 0.4) is 0 Å². The van der Waals surface area contributed by atoms with Crippen LogP contribution in [0.2, 0.25) is 0 Å². The summed E-state index contributed by atoms with van der Waals surface area (Å²) in [5.74, 6) is 1.74. The van der Waals surface area contributed by atoms with Gasteiger partial charge in [0.15, 0.2) is 0 Å². The number of anilines is 1. The summed E-state index contributed by atoms with van der Waals surface area (Å²) in [6.45, 7) is 3.96. The Bertz CT molecular complexity index is 528. The first-order valence-corrected chi connectivity index (χ1v) is 7.43. The molecule has 20 heavy (non-hydrogen) atoms. The molecule has 0 amide bonds. The molecule has 0 saturated carbocycles. The second-order valence-corrected chi connectivity index (χ2v) is 5.07. The number of benzene rings is 2. The van der Waals surface area contributed by atoms with Crippen LogP contribution in [-0.2, 0) is 0 Å². The molecule has 1 N–H and O–H groups in total. The molecule has 0 saturated heterocycles. The molecular formula is C16H18BrNO2. The quantitative estimate of drug-likeness (QED) is 0.763. The topological polar surface area (TPSA) is 30.5 Å². The third-order valence-corrected chi connectivity index (χ3v) is 3.22. The molecule has 0 fully saturated rings. The zero-order valence-electron chi connectivity index (χ0n) is 11.4. The smallest absolute Gasteiger partial charge is 0.142 e. The predicted molar refractivity (Wildman–Crippen MR) is 85.7 cm³/mol. The van der Waals surface area contributed by atoms with Crippen molar-refractivity contribution >= 4 is 21.6 Å². The van der Waals surface area contributed by atoms with E-state index in [-0.39, 0.29) is 0 Å². The van der Waals surface area contributed by atoms with Crippen molar-refractivity contribution in [2.24, 2.45) is 0 Å². The van der Waals surface area contributed by atoms with Gasteiger partial charge in [0.25, 0.3) is 0 Å². The summed E-state index contributed by atoms with van der Waals surface area (Å²) in [5.41, 5.74) is 0.994. The third kappa shape index (κ3) is 4.46. The molecule has 2 aromatic carbocycles. The van der Waals surface area contributed by atoms with Crippen molar-refractivity contribution in [3.05, 3.63) is 53.0 Å². The fourth-order valence-corrected chi connectivity index (χ4v) is 2.04. The summed E-state index contributed by atoms with van der Waals surface area (Å²) >= 11 is 3.40. The van der Waals surface area contributed by atoms with Gasteiger partial charge >= 0.3 is 0 Å². The summed E-state index contributed by atoms with van der Waals surface area (Å²) in [6, 6.07) is 15.7. The zero-order chi connectivity index (χ0) is 14.2. The maximum absolute atomic E-state index is 5.66. The Labute approximate surface area is 128 Å². The molecule has 0 unspecified atom stereocenters. The Morgan fingerprint density at radius 1 is 1.00 bits per heavy atom. The molecule has 3 nitrogen and oxygen atoms in total. The highest BCUT2D eigenvalue weighted by Gasteiger charge is 2.01. The first-order valence-electron chi connectivity index (χ1n) is 6.63. The van der Waals surface area contributed by atoms with E-state index < -0.39 is 0 Å². The minimum Gasteiger partial charge on any atom is -0.492 e. The van der Waals surface area contributed by atoms with Crippen LogP contribution in [0.4, 0.5) is 5.69 Å². The Morgan fingerprint density at radius 2 is 1.75 bits per heavy atom. The lowest BCUT2D eigenvalue weighted by molar-refractivity contribution is 0.330. The van der Waals surface area contributed by atoms with Crippen LogP contribution in [0.1, 0.15) is 6.92 Å². The summed E-state index contributed by atoms with van der Waals surface area (Å²) in [4.78, 5) is 0. The molecule has 0 heterocycles. The highest BCUT2D eigenvalue weighted by atomic mass is 79.9. The number of nitrogens with one attached hydrogen (secondary N) is 1. The molecule has 0 spiro atoms. The lowest BCUT2D eigenvalue weighted by Crippen LogP contribution is -2.12. The van der Waals surface area contributed by atoms with Crippen molar-refractivity contribution in [1.29, 1.82) is 0 Å². The van der Waals surface area contributed by atoms with E-state index in [2.05, 4.69) is 21.2 Å². The Kier molecular flexibility index (Phi) is 5.74. The molecule has 0 bridgehead atoms. The fraction of sp³-hybridized carbons (Fsp3) is 0.250. The number of ether oxygens (including phenoxy) is 2. The second-order valence-electron chi connectivity index (χ2n) is 4.16. The normalized spacial score (nSPS) is 10.1. The van der Waals surface area contributed by atoms with E-state index in [0.717, 1.165) is 28.2 Å². The van der Waals surface area contributed by atoms with E-state index >= 15 is 0 Å². The van der Waals surface area contributed by atoms with Crippen LogP contribution >= 0.6 is 15.9 Å². The summed E-state index contributed by atoms with van der Waals surface area (Å²) in [5, 5.41) is 3.32. The fourth-order valence-electron chi connectivity index (χ4n) is 1.78. The highest BCUT2D eigenvalue weighted by molar-refractivity contribution is 9.10. The van der Waals surface area contributed by atoms with Gasteiger partial charge in [-0.15, -0.1) is 0 Å². The van der Waals surface area contributed by atoms with E-state index in [1.54, 1.807) is 0 Å². The van der Waals surface area contributed by atoms with Gasteiger partial charge in [0.2, 0.25) is 0 Å². The molecule has 4 heteroatoms. The average molecular weight is 336 g/mol. The van der Waals surface area contributed by atoms with Crippen molar-refractivity contribution in [2.45, 2.75) is 6.92 Å². The first kappa shape index (κ1) is 14.7. The molecule has 2 rings (SSSR count). The third-order valence-electron chi connectivity index (χ3n) is 2.69. The number of para-hydroxylation sites is 2. The molecule has 0 aliphatic heterocycles. The molecule has 0 aromatic heterocycles. The second kappa shape index (κ2) is 7.80. The van der Waals surface area contributed by atoms with Gasteiger partial charge in [-0.3, -0.25) is 0 Å². The van der Waals surface area contributed by atoms with E-state index in [0.29, 0.717) is 13.2 Å². The van der Waals surface area contributed by atoms with E-state index in [9.17, 15) is 0 Å². The van der Waals surface area contributed by atoms with Gasteiger partial charge in [-0.25, -0.2) is 0 Å². The average Bonchev–Trinajstić information content (AvgIpc) is 2.47. The first-order chi connectivity index (χ1) is 9.79. The van der Waals surface area contributed by atoms with Gasteiger partial charge in [-0.2, -0.15) is 0 Å². The number of halogens is 1. The maximum atomic E-state index is 5.66. The predicted octanol–water partition coefficient (Wildman–Crippen LogP) is 4.34. The number of hydrogen-bond donors (Lipinski definition) is 1. The van der Waals surface area contributed by atoms with E-state index in [1.165, 1.54) is 0 Å². The van der Waals surface area contributed by atoms with Crippen LogP contribution in [-0.4, -0.2) is 19.8 Å². The van der Waals surface area contributed by atoms with Crippen LogP contribution in [0.5, 0.6) is 11.5 Å². The molecule has 0 radical (unpaired) electrons. The standard InChI is InChI=1S/C16H18BrNO2/c1-2-19-16-6-4-3-5-15(16)18-11-12-20-14-9-7-13(17)8-10-14/h3-10,18H,2,11-12H2,1H3. The minimum absolute atomic E-state index is 0.599. The van der Waals surface area contributed by atoms with Crippen LogP contribution in [0, 0.1) is 0 Å². The largest absolute Gasteiger partial charge is 0.492 e. The number of hydrogen-bond acceptors (Lipinski definition) is 3. The van der Waals surface area contributed by atoms with Crippen LogP contribution < -0.4 is 14.8 Å². The lowest BCUT2D eigenvalue weighted by atomic mass is 10.3. The SMILES string of the molecule is CCOc1ccccc1NCCOc1ccc(Br)cc1. The van der Waals surface area contributed by atoms with E-state index in [4.69, 9.17) is 9.47 Å². The summed E-state index contributed by atoms with van der Waals surface area (Å²) in [6.07, 6.45) is 0. The lowest BCUT2D eigenvalue weighted by Gasteiger charge is -2.12. The summed E-state index contributed by atoms with van der Waals surface area (Å²) in [7, 11) is 0. The van der Waals surface area contributed by atoms with Gasteiger partial charge in [0, 0.05) is 11.0 Å². The van der Waals surface area contributed by atoms with Crippen molar-refractivity contribution in [2.75, 3.05) is 25.1 Å². The van der Waals surface area contributed by atoms with Gasteiger partial charge < -0.3 is 14.8 Å². The van der Waals surface area contributed by atoms with Crippen molar-refractivity contribution in [1.82, 2.24) is 0 Å². The van der Waals surface area contributed by atoms with Crippen molar-refractivity contribution < 1.29 is 9.47 Å². The monoisotopic (exact) mass is 335 g/mol. The Hall–Kier alpha value is -1.68. The zero-order valence-corrected chi connectivity index (χ0v) is 13.0. The van der Waals surface area contributed by atoms with Gasteiger partial charge in [0.05, 0.1) is 12.3 Å². The molecule has 106 valence electrons. The van der Waals surface area contributed by atoms with Crippen LogP contribution in [0.15, 0.2) is 53.0 Å². The Morgan fingerprint density at radius 3 is 2.50 bits per heavy atom. The van der Waals surface area contributed by atoms with Crippen molar-refractivity contribution in [3.63, 3.8) is 0 Å². The van der Waals surface area contributed by atoms with Crippen molar-refractivity contribution in [3.8, 4) is 11.5 Å². The van der Waals surface area contributed by atoms with Gasteiger partial charge in [0.1, 0.15) is 18.1 Å². The van der Waals surface area contributed by atoms with Gasteiger partial charge in [-0.1, -0.05) is 28.1 Å². The van der Waals surface area contributed by atoms with E-state index in [1.807, 2.05) is 55.5 Å². The van der Waals surface area contributed by atoms with Crippen LogP contribution in [0.25, 0.3) is 0 Å². The minimum atomic E-state index is 0.599. The molecule has 2 aromatic rings. The maximum Gasteiger partial charge on any atom is 0.142 e. The molecule has 0 aliphatic carbocycles. The van der Waals surface area contributed by atoms with Gasteiger partial charge in [-0.05, 0) is 43.3 Å². The molecule has 0 atom stereocenters. The highest BCUT2D eigenvalue weighted by Crippen LogP contribution is 2.23. The molecular weight excluding hydrogens is 318 g/mol. The number of rotatable bonds is 7.